The van der Waals surface area contributed by atoms with Crippen LogP contribution in [0.25, 0.3) is 0 Å². The molecule has 0 spiro atoms. The molecule has 2 atom stereocenters. The topological polar surface area (TPSA) is 45.2 Å². The first-order valence-corrected chi connectivity index (χ1v) is 7.10. The second kappa shape index (κ2) is 5.14. The highest BCUT2D eigenvalue weighted by Crippen LogP contribution is 2.38. The monoisotopic (exact) mass is 278 g/mol. The summed E-state index contributed by atoms with van der Waals surface area (Å²) in [6.45, 7) is 7.47. The van der Waals surface area contributed by atoms with E-state index in [2.05, 4.69) is 30.7 Å². The Morgan fingerprint density at radius 2 is 1.75 bits per heavy atom. The van der Waals surface area contributed by atoms with Crippen molar-refractivity contribution in [2.24, 2.45) is 0 Å². The molecule has 1 N–H and O–H groups in total. The van der Waals surface area contributed by atoms with E-state index in [9.17, 15) is 5.11 Å². The molecule has 5 nitrogen and oxygen atoms in total. The van der Waals surface area contributed by atoms with Crippen LogP contribution in [0.3, 0.4) is 0 Å². The van der Waals surface area contributed by atoms with Gasteiger partial charge >= 0.3 is 0 Å². The molecule has 2 aliphatic heterocycles. The Bertz CT molecular complexity index is 494. The van der Waals surface area contributed by atoms with Crippen LogP contribution in [0.5, 0.6) is 17.2 Å². The maximum absolute atomic E-state index is 10.1. The molecule has 1 fully saturated rings. The van der Waals surface area contributed by atoms with Gasteiger partial charge in [-0.1, -0.05) is 0 Å². The molecule has 110 valence electrons. The Labute approximate surface area is 119 Å². The highest BCUT2D eigenvalue weighted by atomic mass is 16.7. The highest BCUT2D eigenvalue weighted by molar-refractivity contribution is 5.51. The Balaban J connectivity index is 1.75. The number of hydrogen-bond acceptors (Lipinski definition) is 5. The van der Waals surface area contributed by atoms with Crippen molar-refractivity contribution in [2.75, 3.05) is 26.9 Å². The molecule has 0 aromatic heterocycles. The van der Waals surface area contributed by atoms with Crippen LogP contribution in [0.15, 0.2) is 12.1 Å². The van der Waals surface area contributed by atoms with Crippen LogP contribution in [0.4, 0.5) is 0 Å². The molecule has 0 radical (unpaired) electrons. The summed E-state index contributed by atoms with van der Waals surface area (Å²) in [7, 11) is 2.17. The Morgan fingerprint density at radius 3 is 2.40 bits per heavy atom. The standard InChI is InChI=1S/C15H22N2O3/c1-10-6-17(7-11(2)16(10)3)8-12-4-14-15(5-13(12)18)20-9-19-14/h4-5,10-11,18H,6-9H2,1-3H3. The van der Waals surface area contributed by atoms with Gasteiger partial charge < -0.3 is 14.6 Å². The van der Waals surface area contributed by atoms with E-state index in [1.807, 2.05) is 6.07 Å². The number of ether oxygens (including phenoxy) is 2. The fourth-order valence-electron chi connectivity index (χ4n) is 2.98. The zero-order valence-corrected chi connectivity index (χ0v) is 12.3. The molecule has 0 saturated carbocycles. The number of phenolic OH excluding ortho intramolecular Hbond substituents is 1. The molecule has 1 saturated heterocycles. The maximum Gasteiger partial charge on any atom is 0.231 e. The van der Waals surface area contributed by atoms with Gasteiger partial charge in [-0.25, -0.2) is 0 Å². The predicted molar refractivity (Wildman–Crippen MR) is 76.2 cm³/mol. The number of fused-ring (bicyclic) bond motifs is 1. The van der Waals surface area contributed by atoms with Crippen LogP contribution >= 0.6 is 0 Å². The van der Waals surface area contributed by atoms with Gasteiger partial charge in [0.15, 0.2) is 11.5 Å². The molecule has 2 aliphatic rings. The van der Waals surface area contributed by atoms with Crippen molar-refractivity contribution in [2.45, 2.75) is 32.5 Å². The van der Waals surface area contributed by atoms with E-state index in [-0.39, 0.29) is 12.5 Å². The summed E-state index contributed by atoms with van der Waals surface area (Å²) in [6, 6.07) is 4.59. The molecule has 2 unspecified atom stereocenters. The van der Waals surface area contributed by atoms with Gasteiger partial charge in [-0.2, -0.15) is 0 Å². The van der Waals surface area contributed by atoms with E-state index in [4.69, 9.17) is 9.47 Å². The first-order chi connectivity index (χ1) is 9.54. The predicted octanol–water partition coefficient (Wildman–Crippen LogP) is 1.65. The molecule has 0 amide bonds. The fraction of sp³-hybridized carbons (Fsp3) is 0.600. The molecule has 3 rings (SSSR count). The fourth-order valence-corrected chi connectivity index (χ4v) is 2.98. The summed E-state index contributed by atoms with van der Waals surface area (Å²) < 4.78 is 10.7. The molecule has 20 heavy (non-hydrogen) atoms. The molecule has 0 bridgehead atoms. The first kappa shape index (κ1) is 13.5. The Kier molecular flexibility index (Phi) is 3.48. The van der Waals surface area contributed by atoms with Crippen molar-refractivity contribution in [1.29, 1.82) is 0 Å². The Morgan fingerprint density at radius 1 is 1.15 bits per heavy atom. The lowest BCUT2D eigenvalue weighted by molar-refractivity contribution is 0.0552. The second-order valence-electron chi connectivity index (χ2n) is 5.89. The molecule has 5 heteroatoms. The van der Waals surface area contributed by atoms with Crippen LogP contribution in [0.2, 0.25) is 0 Å². The third-order valence-electron chi connectivity index (χ3n) is 4.40. The van der Waals surface area contributed by atoms with Gasteiger partial charge in [-0.15, -0.1) is 0 Å². The zero-order chi connectivity index (χ0) is 14.3. The van der Waals surface area contributed by atoms with Crippen molar-refractivity contribution >= 4 is 0 Å². The quantitative estimate of drug-likeness (QED) is 0.891. The van der Waals surface area contributed by atoms with Crippen LogP contribution in [0.1, 0.15) is 19.4 Å². The minimum absolute atomic E-state index is 0.237. The van der Waals surface area contributed by atoms with Gasteiger partial charge in [0.25, 0.3) is 0 Å². The summed E-state index contributed by atoms with van der Waals surface area (Å²) in [5, 5.41) is 10.1. The van der Waals surface area contributed by atoms with Gasteiger partial charge in [0.05, 0.1) is 0 Å². The average Bonchev–Trinajstić information content (AvgIpc) is 2.83. The molecule has 2 heterocycles. The van der Waals surface area contributed by atoms with Gasteiger partial charge in [-0.05, 0) is 27.0 Å². The average molecular weight is 278 g/mol. The minimum Gasteiger partial charge on any atom is -0.507 e. The minimum atomic E-state index is 0.237. The third kappa shape index (κ3) is 2.43. The number of likely N-dealkylation sites (N-methyl/N-ethyl adjacent to an activating group) is 1. The molecule has 0 aliphatic carbocycles. The number of aromatic hydroxyl groups is 1. The van der Waals surface area contributed by atoms with Crippen molar-refractivity contribution in [3.05, 3.63) is 17.7 Å². The van der Waals surface area contributed by atoms with Crippen LogP contribution in [-0.4, -0.2) is 53.9 Å². The highest BCUT2D eigenvalue weighted by Gasteiger charge is 2.27. The van der Waals surface area contributed by atoms with Crippen LogP contribution in [-0.2, 0) is 6.54 Å². The van der Waals surface area contributed by atoms with Gasteiger partial charge in [0, 0.05) is 43.3 Å². The van der Waals surface area contributed by atoms with E-state index in [0.29, 0.717) is 17.8 Å². The van der Waals surface area contributed by atoms with Gasteiger partial charge in [-0.3, -0.25) is 9.80 Å². The van der Waals surface area contributed by atoms with Crippen LogP contribution < -0.4 is 9.47 Å². The lowest BCUT2D eigenvalue weighted by Gasteiger charge is -2.42. The van der Waals surface area contributed by atoms with Crippen LogP contribution in [0, 0.1) is 0 Å². The summed E-state index contributed by atoms with van der Waals surface area (Å²) in [5.74, 6) is 1.65. The third-order valence-corrected chi connectivity index (χ3v) is 4.40. The summed E-state index contributed by atoms with van der Waals surface area (Å²) in [6.07, 6.45) is 0. The first-order valence-electron chi connectivity index (χ1n) is 7.10. The van der Waals surface area contributed by atoms with Crippen molar-refractivity contribution in [3.63, 3.8) is 0 Å². The zero-order valence-electron chi connectivity index (χ0n) is 12.3. The summed E-state index contributed by atoms with van der Waals surface area (Å²) in [4.78, 5) is 4.78. The molecule has 1 aromatic rings. The number of rotatable bonds is 2. The van der Waals surface area contributed by atoms with Crippen molar-refractivity contribution in [1.82, 2.24) is 9.80 Å². The summed E-state index contributed by atoms with van der Waals surface area (Å²) in [5.41, 5.74) is 0.901. The van der Waals surface area contributed by atoms with Gasteiger partial charge in [0.1, 0.15) is 5.75 Å². The maximum atomic E-state index is 10.1. The van der Waals surface area contributed by atoms with Crippen molar-refractivity contribution in [3.8, 4) is 17.2 Å². The SMILES string of the molecule is CC1CN(Cc2cc3c(cc2O)OCO3)CC(C)N1C. The molecule has 1 aromatic carbocycles. The number of piperazine rings is 1. The number of phenols is 1. The summed E-state index contributed by atoms with van der Waals surface area (Å²) >= 11 is 0. The smallest absolute Gasteiger partial charge is 0.231 e. The lowest BCUT2D eigenvalue weighted by atomic mass is 10.1. The lowest BCUT2D eigenvalue weighted by Crippen LogP contribution is -2.54. The largest absolute Gasteiger partial charge is 0.507 e. The molecular weight excluding hydrogens is 256 g/mol. The number of benzene rings is 1. The van der Waals surface area contributed by atoms with Gasteiger partial charge in [0.2, 0.25) is 6.79 Å². The van der Waals surface area contributed by atoms with E-state index in [1.54, 1.807) is 6.07 Å². The van der Waals surface area contributed by atoms with E-state index >= 15 is 0 Å². The molecular formula is C15H22N2O3. The second-order valence-corrected chi connectivity index (χ2v) is 5.89. The van der Waals surface area contributed by atoms with E-state index in [0.717, 1.165) is 30.9 Å². The van der Waals surface area contributed by atoms with Crippen molar-refractivity contribution < 1.29 is 14.6 Å². The number of nitrogens with zero attached hydrogens (tertiary/aromatic N) is 2. The normalized spacial score (nSPS) is 26.9. The van der Waals surface area contributed by atoms with E-state index < -0.39 is 0 Å². The number of hydrogen-bond donors (Lipinski definition) is 1. The van der Waals surface area contributed by atoms with E-state index in [1.165, 1.54) is 0 Å². The Hall–Kier alpha value is -1.46.